The Hall–Kier alpha value is -0.700. The van der Waals surface area contributed by atoms with Crippen LogP contribution in [0.1, 0.15) is 6.92 Å². The first-order valence-electron chi connectivity index (χ1n) is 6.39. The lowest BCUT2D eigenvalue weighted by Crippen LogP contribution is -2.59. The van der Waals surface area contributed by atoms with Crippen molar-refractivity contribution in [3.8, 4) is 0 Å². The van der Waals surface area contributed by atoms with E-state index in [-0.39, 0.29) is 18.3 Å². The van der Waals surface area contributed by atoms with Crippen LogP contribution in [0, 0.1) is 0 Å². The third-order valence-corrected chi connectivity index (χ3v) is 4.80. The van der Waals surface area contributed by atoms with E-state index < -0.39 is 16.1 Å². The molecule has 19 heavy (non-hydrogen) atoms. The predicted octanol–water partition coefficient (Wildman–Crippen LogP) is -1.29. The van der Waals surface area contributed by atoms with Crippen molar-refractivity contribution < 1.29 is 17.9 Å². The topological polar surface area (TPSA) is 79.0 Å². The summed E-state index contributed by atoms with van der Waals surface area (Å²) < 4.78 is 30.9. The summed E-state index contributed by atoms with van der Waals surface area (Å²) in [6.07, 6.45) is 0. The van der Waals surface area contributed by atoms with Gasteiger partial charge < -0.3 is 15.0 Å². The van der Waals surface area contributed by atoms with Gasteiger partial charge in [-0.2, -0.15) is 4.31 Å². The molecule has 1 aliphatic rings. The molecule has 1 unspecified atom stereocenters. The number of rotatable bonds is 6. The van der Waals surface area contributed by atoms with Crippen LogP contribution in [0.15, 0.2) is 0 Å². The molecular formula is C11H23N3O4S. The Morgan fingerprint density at radius 3 is 2.74 bits per heavy atom. The molecule has 0 aliphatic carbocycles. The zero-order chi connectivity index (χ0) is 14.5. The number of hydrogen-bond donors (Lipinski definition) is 1. The average molecular weight is 293 g/mol. The van der Waals surface area contributed by atoms with Crippen molar-refractivity contribution >= 4 is 15.9 Å². The van der Waals surface area contributed by atoms with Crippen LogP contribution < -0.4 is 5.32 Å². The van der Waals surface area contributed by atoms with E-state index in [2.05, 4.69) is 5.32 Å². The van der Waals surface area contributed by atoms with Crippen molar-refractivity contribution in [2.45, 2.75) is 13.0 Å². The van der Waals surface area contributed by atoms with E-state index in [9.17, 15) is 13.2 Å². The van der Waals surface area contributed by atoms with Gasteiger partial charge in [-0.1, -0.05) is 0 Å². The number of sulfonamides is 1. The SMILES string of the molecule is CCOCCS(=O)(=O)N1CCNCC1C(=O)N(C)C. The molecule has 1 aliphatic heterocycles. The molecule has 1 amide bonds. The molecule has 1 heterocycles. The average Bonchev–Trinajstić information content (AvgIpc) is 2.38. The third-order valence-electron chi connectivity index (χ3n) is 2.97. The van der Waals surface area contributed by atoms with Crippen LogP contribution in [0.3, 0.4) is 0 Å². The Bertz CT molecular complexity index is 397. The quantitative estimate of drug-likeness (QED) is 0.617. The van der Waals surface area contributed by atoms with Gasteiger partial charge in [0, 0.05) is 40.3 Å². The van der Waals surface area contributed by atoms with Crippen LogP contribution in [0.5, 0.6) is 0 Å². The summed E-state index contributed by atoms with van der Waals surface area (Å²) >= 11 is 0. The summed E-state index contributed by atoms with van der Waals surface area (Å²) in [7, 11) is -0.209. The highest BCUT2D eigenvalue weighted by Crippen LogP contribution is 2.12. The zero-order valence-corrected chi connectivity index (χ0v) is 12.6. The largest absolute Gasteiger partial charge is 0.381 e. The first-order valence-corrected chi connectivity index (χ1v) is 8.00. The van der Waals surface area contributed by atoms with Crippen molar-refractivity contribution in [3.63, 3.8) is 0 Å². The van der Waals surface area contributed by atoms with Gasteiger partial charge >= 0.3 is 0 Å². The van der Waals surface area contributed by atoms with E-state index in [1.165, 1.54) is 9.21 Å². The number of carbonyl (C=O) groups is 1. The van der Waals surface area contributed by atoms with Crippen molar-refractivity contribution in [2.24, 2.45) is 0 Å². The van der Waals surface area contributed by atoms with Gasteiger partial charge in [0.2, 0.25) is 15.9 Å². The molecule has 1 saturated heterocycles. The fourth-order valence-corrected chi connectivity index (χ4v) is 3.44. The monoisotopic (exact) mass is 293 g/mol. The molecule has 1 N–H and O–H groups in total. The standard InChI is InChI=1S/C11H23N3O4S/c1-4-18-7-8-19(16,17)14-6-5-12-9-10(14)11(15)13(2)3/h10,12H,4-9H2,1-3H3. The molecule has 8 heteroatoms. The Kier molecular flexibility index (Phi) is 6.18. The normalized spacial score (nSPS) is 21.3. The van der Waals surface area contributed by atoms with Crippen LogP contribution >= 0.6 is 0 Å². The highest BCUT2D eigenvalue weighted by molar-refractivity contribution is 7.89. The number of hydrogen-bond acceptors (Lipinski definition) is 5. The second-order valence-corrected chi connectivity index (χ2v) is 6.62. The molecule has 0 aromatic heterocycles. The highest BCUT2D eigenvalue weighted by atomic mass is 32.2. The number of piperazine rings is 1. The minimum atomic E-state index is -3.46. The molecule has 0 bridgehead atoms. The maximum atomic E-state index is 12.2. The van der Waals surface area contributed by atoms with Crippen LogP contribution in [0.4, 0.5) is 0 Å². The van der Waals surface area contributed by atoms with Gasteiger partial charge in [-0.3, -0.25) is 4.79 Å². The van der Waals surface area contributed by atoms with Crippen LogP contribution in [-0.4, -0.2) is 82.3 Å². The molecule has 1 rings (SSSR count). The van der Waals surface area contributed by atoms with Crippen LogP contribution in [0.2, 0.25) is 0 Å². The maximum absolute atomic E-state index is 12.2. The fourth-order valence-electron chi connectivity index (χ4n) is 1.95. The molecule has 1 atom stereocenters. The Balaban J connectivity index is 2.78. The molecule has 112 valence electrons. The fraction of sp³-hybridized carbons (Fsp3) is 0.909. The van der Waals surface area contributed by atoms with Crippen molar-refractivity contribution in [1.29, 1.82) is 0 Å². The van der Waals surface area contributed by atoms with Gasteiger partial charge in [-0.15, -0.1) is 0 Å². The van der Waals surface area contributed by atoms with E-state index in [1.807, 2.05) is 6.92 Å². The Morgan fingerprint density at radius 2 is 2.16 bits per heavy atom. The number of likely N-dealkylation sites (N-methyl/N-ethyl adjacent to an activating group) is 1. The van der Waals surface area contributed by atoms with Gasteiger partial charge in [0.05, 0.1) is 12.4 Å². The summed E-state index contributed by atoms with van der Waals surface area (Å²) in [5, 5.41) is 3.06. The summed E-state index contributed by atoms with van der Waals surface area (Å²) in [5.74, 6) is -0.287. The minimum absolute atomic E-state index is 0.0853. The van der Waals surface area contributed by atoms with Crippen molar-refractivity contribution in [1.82, 2.24) is 14.5 Å². The second-order valence-electron chi connectivity index (χ2n) is 4.58. The van der Waals surface area contributed by atoms with Crippen LogP contribution in [0.25, 0.3) is 0 Å². The summed E-state index contributed by atoms with van der Waals surface area (Å²) in [6.45, 7) is 3.69. The number of ether oxygens (including phenoxy) is 1. The Labute approximate surface area is 114 Å². The van der Waals surface area contributed by atoms with Gasteiger partial charge in [-0.05, 0) is 6.92 Å². The second kappa shape index (κ2) is 7.18. The maximum Gasteiger partial charge on any atom is 0.241 e. The van der Waals surface area contributed by atoms with Crippen LogP contribution in [-0.2, 0) is 19.6 Å². The molecule has 0 aromatic carbocycles. The van der Waals surface area contributed by atoms with Gasteiger partial charge in [0.1, 0.15) is 6.04 Å². The summed E-state index contributed by atoms with van der Waals surface area (Å²) in [5.41, 5.74) is 0. The molecule has 0 aromatic rings. The van der Waals surface area contributed by atoms with E-state index >= 15 is 0 Å². The summed E-state index contributed by atoms with van der Waals surface area (Å²) in [6, 6.07) is -0.657. The lowest BCUT2D eigenvalue weighted by atomic mass is 10.2. The predicted molar refractivity (Wildman–Crippen MR) is 72.3 cm³/mol. The number of carbonyl (C=O) groups excluding carboxylic acids is 1. The number of amides is 1. The Morgan fingerprint density at radius 1 is 1.47 bits per heavy atom. The first kappa shape index (κ1) is 16.4. The minimum Gasteiger partial charge on any atom is -0.381 e. The first-order chi connectivity index (χ1) is 8.90. The zero-order valence-electron chi connectivity index (χ0n) is 11.8. The smallest absolute Gasteiger partial charge is 0.241 e. The molecule has 0 radical (unpaired) electrons. The number of nitrogens with one attached hydrogen (secondary N) is 1. The molecular weight excluding hydrogens is 270 g/mol. The van der Waals surface area contributed by atoms with Gasteiger partial charge in [0.15, 0.2) is 0 Å². The molecule has 7 nitrogen and oxygen atoms in total. The molecule has 0 spiro atoms. The van der Waals surface area contributed by atoms with Gasteiger partial charge in [-0.25, -0.2) is 8.42 Å². The van der Waals surface area contributed by atoms with E-state index in [0.29, 0.717) is 26.2 Å². The lowest BCUT2D eigenvalue weighted by molar-refractivity contribution is -0.133. The molecule has 0 saturated carbocycles. The summed E-state index contributed by atoms with van der Waals surface area (Å²) in [4.78, 5) is 13.5. The molecule has 1 fully saturated rings. The highest BCUT2D eigenvalue weighted by Gasteiger charge is 2.37. The third kappa shape index (κ3) is 4.41. The van der Waals surface area contributed by atoms with E-state index in [0.717, 1.165) is 0 Å². The number of nitrogens with zero attached hydrogens (tertiary/aromatic N) is 2. The van der Waals surface area contributed by atoms with E-state index in [4.69, 9.17) is 4.74 Å². The van der Waals surface area contributed by atoms with E-state index in [1.54, 1.807) is 14.1 Å². The lowest BCUT2D eigenvalue weighted by Gasteiger charge is -2.35. The van der Waals surface area contributed by atoms with Gasteiger partial charge in [0.25, 0.3) is 0 Å². The van der Waals surface area contributed by atoms with Crippen molar-refractivity contribution in [2.75, 3.05) is 52.7 Å². The van der Waals surface area contributed by atoms with Crippen molar-refractivity contribution in [3.05, 3.63) is 0 Å².